The fourth-order valence-corrected chi connectivity index (χ4v) is 4.90. The molecular weight excluding hydrogens is 430 g/mol. The van der Waals surface area contributed by atoms with Crippen LogP contribution >= 0.6 is 0 Å². The van der Waals surface area contributed by atoms with Gasteiger partial charge in [-0.2, -0.15) is 0 Å². The van der Waals surface area contributed by atoms with Crippen LogP contribution in [0.25, 0.3) is 0 Å². The molecule has 0 bridgehead atoms. The number of nitrogens with zero attached hydrogens (tertiary/aromatic N) is 2. The molecule has 0 saturated heterocycles. The van der Waals surface area contributed by atoms with Gasteiger partial charge >= 0.3 is 0 Å². The Morgan fingerprint density at radius 2 is 1.53 bits per heavy atom. The van der Waals surface area contributed by atoms with Crippen LogP contribution in [0.15, 0.2) is 71.6 Å². The largest absolute Gasteiger partial charge is 0.324 e. The average molecular weight is 454 g/mol. The van der Waals surface area contributed by atoms with E-state index >= 15 is 0 Å². The van der Waals surface area contributed by atoms with Crippen molar-refractivity contribution in [3.8, 4) is 0 Å². The molecule has 0 spiro atoms. The Morgan fingerprint density at radius 1 is 0.969 bits per heavy atom. The van der Waals surface area contributed by atoms with Crippen molar-refractivity contribution in [3.05, 3.63) is 93.5 Å². The molecule has 0 aliphatic carbocycles. The second-order valence-electron chi connectivity index (χ2n) is 7.42. The minimum Gasteiger partial charge on any atom is -0.324 e. The number of nitro benzene ring substituents is 1. The second-order valence-corrected chi connectivity index (χ2v) is 9.28. The molecule has 3 aromatic carbocycles. The summed E-state index contributed by atoms with van der Waals surface area (Å²) in [6.45, 7) is 5.19. The fraction of sp³-hybridized carbons (Fsp3) is 0.174. The molecule has 9 heteroatoms. The molecule has 3 rings (SSSR count). The Labute approximate surface area is 186 Å². The molecule has 0 aromatic heterocycles. The van der Waals surface area contributed by atoms with E-state index in [0.29, 0.717) is 5.69 Å². The van der Waals surface area contributed by atoms with Gasteiger partial charge in [0.25, 0.3) is 15.7 Å². The Bertz CT molecular complexity index is 1230. The summed E-state index contributed by atoms with van der Waals surface area (Å²) >= 11 is 0. The van der Waals surface area contributed by atoms with Gasteiger partial charge < -0.3 is 5.32 Å². The van der Waals surface area contributed by atoms with Crippen LogP contribution in [0.1, 0.15) is 16.7 Å². The van der Waals surface area contributed by atoms with Crippen molar-refractivity contribution in [1.82, 2.24) is 0 Å². The van der Waals surface area contributed by atoms with E-state index in [1.54, 1.807) is 18.2 Å². The standard InChI is InChI=1S/C23H23N3O5S/c1-16-13-17(2)23(18(3)14-16)24-22(27)15-25(19-9-11-20(12-10-19)26(28)29)32(30,31)21-7-5-4-6-8-21/h4-14H,15H2,1-3H3,(H,24,27). The van der Waals surface area contributed by atoms with Crippen molar-refractivity contribution in [1.29, 1.82) is 0 Å². The molecule has 3 aromatic rings. The lowest BCUT2D eigenvalue weighted by atomic mass is 10.1. The van der Waals surface area contributed by atoms with E-state index in [-0.39, 0.29) is 16.3 Å². The summed E-state index contributed by atoms with van der Waals surface area (Å²) in [5.74, 6) is -0.530. The summed E-state index contributed by atoms with van der Waals surface area (Å²) in [4.78, 5) is 23.3. The van der Waals surface area contributed by atoms with Crippen LogP contribution in [-0.4, -0.2) is 25.8 Å². The highest BCUT2D eigenvalue weighted by Crippen LogP contribution is 2.27. The fourth-order valence-electron chi connectivity index (χ4n) is 3.46. The number of carbonyl (C=O) groups excluding carboxylic acids is 1. The summed E-state index contributed by atoms with van der Waals surface area (Å²) in [5.41, 5.74) is 3.37. The van der Waals surface area contributed by atoms with Crippen molar-refractivity contribution in [3.63, 3.8) is 0 Å². The topological polar surface area (TPSA) is 110 Å². The van der Waals surface area contributed by atoms with E-state index in [1.807, 2.05) is 32.9 Å². The number of aryl methyl sites for hydroxylation is 3. The molecular formula is C23H23N3O5S. The number of hydrogen-bond acceptors (Lipinski definition) is 5. The van der Waals surface area contributed by atoms with Gasteiger partial charge in [-0.15, -0.1) is 0 Å². The molecule has 0 radical (unpaired) electrons. The van der Waals surface area contributed by atoms with Crippen molar-refractivity contribution >= 4 is 33.0 Å². The number of non-ortho nitro benzene ring substituents is 1. The monoisotopic (exact) mass is 453 g/mol. The maximum absolute atomic E-state index is 13.3. The van der Waals surface area contributed by atoms with Crippen LogP contribution in [0.3, 0.4) is 0 Å². The Hall–Kier alpha value is -3.72. The zero-order valence-electron chi connectivity index (χ0n) is 17.9. The third-order valence-electron chi connectivity index (χ3n) is 4.91. The molecule has 166 valence electrons. The number of benzene rings is 3. The first kappa shape index (κ1) is 23.0. The third kappa shape index (κ3) is 4.94. The molecule has 32 heavy (non-hydrogen) atoms. The van der Waals surface area contributed by atoms with Gasteiger partial charge in [0, 0.05) is 17.8 Å². The number of carbonyl (C=O) groups is 1. The third-order valence-corrected chi connectivity index (χ3v) is 6.70. The van der Waals surface area contributed by atoms with Gasteiger partial charge in [0.05, 0.1) is 15.5 Å². The first-order valence-electron chi connectivity index (χ1n) is 9.79. The van der Waals surface area contributed by atoms with E-state index in [1.165, 1.54) is 36.4 Å². The highest BCUT2D eigenvalue weighted by molar-refractivity contribution is 7.92. The number of rotatable bonds is 7. The highest BCUT2D eigenvalue weighted by atomic mass is 32.2. The smallest absolute Gasteiger partial charge is 0.269 e. The first-order valence-corrected chi connectivity index (χ1v) is 11.2. The van der Waals surface area contributed by atoms with Gasteiger partial charge in [0.15, 0.2) is 0 Å². The predicted octanol–water partition coefficient (Wildman–Crippen LogP) is 4.35. The summed E-state index contributed by atoms with van der Waals surface area (Å²) < 4.78 is 27.6. The molecule has 0 aliphatic rings. The van der Waals surface area contributed by atoms with Crippen molar-refractivity contribution in [2.24, 2.45) is 0 Å². The normalized spacial score (nSPS) is 11.1. The molecule has 0 aliphatic heterocycles. The maximum Gasteiger partial charge on any atom is 0.269 e. The molecule has 8 nitrogen and oxygen atoms in total. The number of amides is 1. The Morgan fingerprint density at radius 3 is 2.06 bits per heavy atom. The van der Waals surface area contributed by atoms with Crippen LogP contribution in [0.4, 0.5) is 17.1 Å². The van der Waals surface area contributed by atoms with Crippen LogP contribution in [0.5, 0.6) is 0 Å². The van der Waals surface area contributed by atoms with Crippen LogP contribution in [0.2, 0.25) is 0 Å². The van der Waals surface area contributed by atoms with Gasteiger partial charge in [0.1, 0.15) is 6.54 Å². The number of nitro groups is 1. The van der Waals surface area contributed by atoms with Crippen LogP contribution in [-0.2, 0) is 14.8 Å². The van der Waals surface area contributed by atoms with Crippen LogP contribution < -0.4 is 9.62 Å². The van der Waals surface area contributed by atoms with E-state index in [2.05, 4.69) is 5.32 Å². The van der Waals surface area contributed by atoms with Crippen molar-refractivity contribution in [2.75, 3.05) is 16.2 Å². The second kappa shape index (κ2) is 9.19. The first-order chi connectivity index (χ1) is 15.1. The lowest BCUT2D eigenvalue weighted by molar-refractivity contribution is -0.384. The Kier molecular flexibility index (Phi) is 6.59. The maximum atomic E-state index is 13.3. The SMILES string of the molecule is Cc1cc(C)c(NC(=O)CN(c2ccc([N+](=O)[O-])cc2)S(=O)(=O)c2ccccc2)c(C)c1. The molecule has 1 amide bonds. The summed E-state index contributed by atoms with van der Waals surface area (Å²) in [5, 5.41) is 13.8. The number of hydrogen-bond donors (Lipinski definition) is 1. The number of nitrogens with one attached hydrogen (secondary N) is 1. The minimum atomic E-state index is -4.10. The van der Waals surface area contributed by atoms with Gasteiger partial charge in [-0.25, -0.2) is 8.42 Å². The van der Waals surface area contributed by atoms with Gasteiger partial charge in [-0.05, 0) is 56.2 Å². The van der Waals surface area contributed by atoms with Crippen molar-refractivity contribution < 1.29 is 18.1 Å². The summed E-state index contributed by atoms with van der Waals surface area (Å²) in [7, 11) is -4.10. The molecule has 0 saturated carbocycles. The number of anilines is 2. The zero-order valence-corrected chi connectivity index (χ0v) is 18.7. The number of sulfonamides is 1. The molecule has 0 fully saturated rings. The molecule has 0 heterocycles. The highest BCUT2D eigenvalue weighted by Gasteiger charge is 2.28. The predicted molar refractivity (Wildman–Crippen MR) is 123 cm³/mol. The molecule has 0 atom stereocenters. The summed E-state index contributed by atoms with van der Waals surface area (Å²) in [6, 6.07) is 16.6. The van der Waals surface area contributed by atoms with E-state index in [9.17, 15) is 23.3 Å². The minimum absolute atomic E-state index is 0.00819. The average Bonchev–Trinajstić information content (AvgIpc) is 2.75. The van der Waals surface area contributed by atoms with E-state index < -0.39 is 27.4 Å². The van der Waals surface area contributed by atoms with Gasteiger partial charge in [-0.1, -0.05) is 35.9 Å². The van der Waals surface area contributed by atoms with Gasteiger partial charge in [-0.3, -0.25) is 19.2 Å². The summed E-state index contributed by atoms with van der Waals surface area (Å²) in [6.07, 6.45) is 0. The lowest BCUT2D eigenvalue weighted by Crippen LogP contribution is -2.38. The van der Waals surface area contributed by atoms with Crippen LogP contribution in [0, 0.1) is 30.9 Å². The quantitative estimate of drug-likeness (QED) is 0.422. The Balaban J connectivity index is 1.98. The molecule has 0 unspecified atom stereocenters. The van der Waals surface area contributed by atoms with E-state index in [0.717, 1.165) is 21.0 Å². The molecule has 1 N–H and O–H groups in total. The lowest BCUT2D eigenvalue weighted by Gasteiger charge is -2.24. The van der Waals surface area contributed by atoms with Crippen molar-refractivity contribution in [2.45, 2.75) is 25.7 Å². The zero-order chi connectivity index (χ0) is 23.5. The van der Waals surface area contributed by atoms with E-state index in [4.69, 9.17) is 0 Å². The van der Waals surface area contributed by atoms with Gasteiger partial charge in [0.2, 0.25) is 5.91 Å².